The number of carbonyl (C=O) groups excluding carboxylic acids is 2. The number of aldehydes is 1. The third kappa shape index (κ3) is 1.98. The SMILES string of the molecule is CC(C)[C@H]1CC[C@@]2(C)C(=O)CCC(C=O)=C[C@@H]12. The van der Waals surface area contributed by atoms with Gasteiger partial charge in [0.15, 0.2) is 0 Å². The first-order valence-electron chi connectivity index (χ1n) is 6.68. The summed E-state index contributed by atoms with van der Waals surface area (Å²) in [6, 6.07) is 0. The maximum atomic E-state index is 12.3. The van der Waals surface area contributed by atoms with Crippen molar-refractivity contribution in [2.75, 3.05) is 0 Å². The van der Waals surface area contributed by atoms with E-state index in [1.165, 1.54) is 0 Å². The summed E-state index contributed by atoms with van der Waals surface area (Å²) < 4.78 is 0. The fraction of sp³-hybridized carbons (Fsp3) is 0.733. The van der Waals surface area contributed by atoms with Crippen molar-refractivity contribution in [2.45, 2.75) is 46.5 Å². The zero-order chi connectivity index (χ0) is 12.6. The molecule has 2 heteroatoms. The van der Waals surface area contributed by atoms with E-state index < -0.39 is 0 Å². The monoisotopic (exact) mass is 234 g/mol. The molecule has 0 unspecified atom stereocenters. The number of rotatable bonds is 2. The van der Waals surface area contributed by atoms with Gasteiger partial charge in [0.05, 0.1) is 0 Å². The smallest absolute Gasteiger partial charge is 0.145 e. The quantitative estimate of drug-likeness (QED) is 0.688. The third-order valence-electron chi connectivity index (χ3n) is 4.87. The van der Waals surface area contributed by atoms with E-state index in [1.54, 1.807) is 0 Å². The average molecular weight is 234 g/mol. The summed E-state index contributed by atoms with van der Waals surface area (Å²) in [7, 11) is 0. The maximum absolute atomic E-state index is 12.3. The molecule has 0 saturated heterocycles. The highest BCUT2D eigenvalue weighted by Gasteiger charge is 2.49. The largest absolute Gasteiger partial charge is 0.299 e. The second-order valence-corrected chi connectivity index (χ2v) is 6.17. The van der Waals surface area contributed by atoms with Crippen LogP contribution in [0.2, 0.25) is 0 Å². The summed E-state index contributed by atoms with van der Waals surface area (Å²) in [5.41, 5.74) is 0.624. The van der Waals surface area contributed by atoms with E-state index in [0.717, 1.165) is 24.7 Å². The van der Waals surface area contributed by atoms with Crippen LogP contribution < -0.4 is 0 Å². The summed E-state index contributed by atoms with van der Waals surface area (Å²) in [5.74, 6) is 1.77. The molecule has 0 bridgehead atoms. The normalized spacial score (nSPS) is 37.6. The van der Waals surface area contributed by atoms with Crippen molar-refractivity contribution >= 4 is 12.1 Å². The van der Waals surface area contributed by atoms with Crippen molar-refractivity contribution in [3.05, 3.63) is 11.6 Å². The zero-order valence-electron chi connectivity index (χ0n) is 11.0. The number of fused-ring (bicyclic) bond motifs is 1. The minimum Gasteiger partial charge on any atom is -0.299 e. The van der Waals surface area contributed by atoms with Crippen LogP contribution in [0, 0.1) is 23.2 Å². The van der Waals surface area contributed by atoms with E-state index in [0.29, 0.717) is 30.5 Å². The number of hydrogen-bond donors (Lipinski definition) is 0. The Bertz CT molecular complexity index is 367. The first kappa shape index (κ1) is 12.5. The van der Waals surface area contributed by atoms with E-state index >= 15 is 0 Å². The zero-order valence-corrected chi connectivity index (χ0v) is 11.0. The molecule has 1 fully saturated rings. The van der Waals surface area contributed by atoms with Gasteiger partial charge in [0.1, 0.15) is 12.1 Å². The van der Waals surface area contributed by atoms with Crippen LogP contribution in [0.4, 0.5) is 0 Å². The molecule has 94 valence electrons. The van der Waals surface area contributed by atoms with Crippen LogP contribution in [0.3, 0.4) is 0 Å². The van der Waals surface area contributed by atoms with Crippen molar-refractivity contribution in [2.24, 2.45) is 23.2 Å². The van der Waals surface area contributed by atoms with Crippen molar-refractivity contribution in [1.29, 1.82) is 0 Å². The molecular formula is C15H22O2. The molecular weight excluding hydrogens is 212 g/mol. The average Bonchev–Trinajstić information content (AvgIpc) is 2.57. The molecule has 1 saturated carbocycles. The molecule has 0 aliphatic heterocycles. The number of Topliss-reactive ketones (excluding diaryl/α,β-unsaturated/α-hetero) is 1. The molecule has 2 aliphatic rings. The van der Waals surface area contributed by atoms with Crippen molar-refractivity contribution in [3.8, 4) is 0 Å². The Morgan fingerprint density at radius 1 is 1.41 bits per heavy atom. The van der Waals surface area contributed by atoms with Gasteiger partial charge in [0.2, 0.25) is 0 Å². The summed E-state index contributed by atoms with van der Waals surface area (Å²) in [6.45, 7) is 6.55. The lowest BCUT2D eigenvalue weighted by Gasteiger charge is -2.31. The first-order chi connectivity index (χ1) is 7.99. The minimum absolute atomic E-state index is 0.209. The topological polar surface area (TPSA) is 34.1 Å². The molecule has 0 heterocycles. The Balaban J connectivity index is 2.40. The van der Waals surface area contributed by atoms with Gasteiger partial charge in [-0.05, 0) is 42.6 Å². The predicted octanol–water partition coefficient (Wildman–Crippen LogP) is 3.16. The highest BCUT2D eigenvalue weighted by atomic mass is 16.1. The standard InChI is InChI=1S/C15H22O2/c1-10(2)12-6-7-15(3)13(12)8-11(9-16)4-5-14(15)17/h8-10,12-13H,4-7H2,1-3H3/t12-,13+,15-/m1/s1. The summed E-state index contributed by atoms with van der Waals surface area (Å²) in [4.78, 5) is 23.3. The Labute approximate surface area is 103 Å². The number of ketones is 1. The highest BCUT2D eigenvalue weighted by molar-refractivity contribution is 5.88. The molecule has 0 spiro atoms. The molecule has 0 aromatic rings. The van der Waals surface area contributed by atoms with Crippen LogP contribution in [0.15, 0.2) is 11.6 Å². The lowest BCUT2D eigenvalue weighted by Crippen LogP contribution is -2.32. The Morgan fingerprint density at radius 3 is 2.71 bits per heavy atom. The molecule has 2 nitrogen and oxygen atoms in total. The van der Waals surface area contributed by atoms with Gasteiger partial charge in [-0.3, -0.25) is 9.59 Å². The molecule has 0 aromatic carbocycles. The van der Waals surface area contributed by atoms with E-state index in [4.69, 9.17) is 0 Å². The first-order valence-corrected chi connectivity index (χ1v) is 6.68. The Hall–Kier alpha value is -0.920. The molecule has 17 heavy (non-hydrogen) atoms. The van der Waals surface area contributed by atoms with Gasteiger partial charge in [-0.25, -0.2) is 0 Å². The van der Waals surface area contributed by atoms with Gasteiger partial charge in [-0.2, -0.15) is 0 Å². The lowest BCUT2D eigenvalue weighted by molar-refractivity contribution is -0.129. The summed E-state index contributed by atoms with van der Waals surface area (Å²) >= 11 is 0. The number of allylic oxidation sites excluding steroid dienone is 2. The number of carbonyl (C=O) groups is 2. The molecule has 0 amide bonds. The molecule has 3 atom stereocenters. The van der Waals surface area contributed by atoms with E-state index in [2.05, 4.69) is 26.8 Å². The molecule has 2 aliphatic carbocycles. The van der Waals surface area contributed by atoms with Crippen LogP contribution in [0.1, 0.15) is 46.5 Å². The van der Waals surface area contributed by atoms with Gasteiger partial charge in [0.25, 0.3) is 0 Å². The van der Waals surface area contributed by atoms with Crippen LogP contribution >= 0.6 is 0 Å². The van der Waals surface area contributed by atoms with Gasteiger partial charge in [-0.1, -0.05) is 26.8 Å². The van der Waals surface area contributed by atoms with Gasteiger partial charge in [-0.15, -0.1) is 0 Å². The van der Waals surface area contributed by atoms with E-state index in [9.17, 15) is 9.59 Å². The molecule has 0 aromatic heterocycles. The second-order valence-electron chi connectivity index (χ2n) is 6.17. The van der Waals surface area contributed by atoms with Crippen LogP contribution in [-0.4, -0.2) is 12.1 Å². The van der Waals surface area contributed by atoms with Crippen molar-refractivity contribution < 1.29 is 9.59 Å². The Kier molecular flexibility index (Phi) is 3.24. The fourth-order valence-electron chi connectivity index (χ4n) is 3.62. The van der Waals surface area contributed by atoms with Crippen molar-refractivity contribution in [1.82, 2.24) is 0 Å². The third-order valence-corrected chi connectivity index (χ3v) is 4.87. The van der Waals surface area contributed by atoms with Crippen LogP contribution in [0.5, 0.6) is 0 Å². The van der Waals surface area contributed by atoms with Gasteiger partial charge in [0, 0.05) is 11.8 Å². The van der Waals surface area contributed by atoms with E-state index in [1.807, 2.05) is 0 Å². The summed E-state index contributed by atoms with van der Waals surface area (Å²) in [6.07, 6.45) is 6.33. The molecule has 0 N–H and O–H groups in total. The highest BCUT2D eigenvalue weighted by Crippen LogP contribution is 2.52. The lowest BCUT2D eigenvalue weighted by atomic mass is 9.72. The van der Waals surface area contributed by atoms with Crippen LogP contribution in [0.25, 0.3) is 0 Å². The van der Waals surface area contributed by atoms with E-state index in [-0.39, 0.29) is 11.3 Å². The van der Waals surface area contributed by atoms with Crippen molar-refractivity contribution in [3.63, 3.8) is 0 Å². The molecule has 2 rings (SSSR count). The maximum Gasteiger partial charge on any atom is 0.145 e. The number of hydrogen-bond acceptors (Lipinski definition) is 2. The molecule has 0 radical (unpaired) electrons. The van der Waals surface area contributed by atoms with Gasteiger partial charge < -0.3 is 0 Å². The van der Waals surface area contributed by atoms with Gasteiger partial charge >= 0.3 is 0 Å². The predicted molar refractivity (Wildman–Crippen MR) is 67.5 cm³/mol. The second kappa shape index (κ2) is 4.40. The summed E-state index contributed by atoms with van der Waals surface area (Å²) in [5, 5.41) is 0. The Morgan fingerprint density at radius 2 is 2.12 bits per heavy atom. The van der Waals surface area contributed by atoms with Crippen LogP contribution in [-0.2, 0) is 9.59 Å². The fourth-order valence-corrected chi connectivity index (χ4v) is 3.62. The minimum atomic E-state index is -0.209.